The third-order valence-electron chi connectivity index (χ3n) is 3.19. The van der Waals surface area contributed by atoms with E-state index in [0.29, 0.717) is 18.6 Å². The summed E-state index contributed by atoms with van der Waals surface area (Å²) >= 11 is 0. The number of rotatable bonds is 3. The number of hydrogen-bond acceptors (Lipinski definition) is 3. The van der Waals surface area contributed by atoms with Gasteiger partial charge in [0.15, 0.2) is 0 Å². The second kappa shape index (κ2) is 4.75. The van der Waals surface area contributed by atoms with Crippen LogP contribution in [0.15, 0.2) is 18.2 Å². The molecule has 3 nitrogen and oxygen atoms in total. The number of hydrogen-bond donors (Lipinski definition) is 1. The zero-order valence-electron chi connectivity index (χ0n) is 10.3. The molecule has 1 aliphatic rings. The topological polar surface area (TPSA) is 52.3 Å². The van der Waals surface area contributed by atoms with Crippen molar-refractivity contribution in [3.8, 4) is 0 Å². The predicted molar refractivity (Wildman–Crippen MR) is 63.3 cm³/mol. The number of nitrogen functional groups attached to an aromatic ring is 1. The smallest absolute Gasteiger partial charge is 0.418 e. The molecule has 0 aromatic heterocycles. The lowest BCUT2D eigenvalue weighted by Gasteiger charge is -2.11. The largest absolute Gasteiger partial charge is 0.466 e. The molecule has 1 saturated carbocycles. The highest BCUT2D eigenvalue weighted by molar-refractivity contribution is 5.77. The maximum absolute atomic E-state index is 12.5. The molecule has 1 aromatic rings. The first-order valence-corrected chi connectivity index (χ1v) is 5.97. The SMILES string of the molecule is CCOC(=O)[C@@H]1C[C@@H]1c1ccc(C(F)(F)F)c(N)c1. The Labute approximate surface area is 108 Å². The molecule has 1 aromatic carbocycles. The summed E-state index contributed by atoms with van der Waals surface area (Å²) in [6.07, 6.45) is -3.85. The highest BCUT2D eigenvalue weighted by Crippen LogP contribution is 2.49. The van der Waals surface area contributed by atoms with Crippen molar-refractivity contribution in [3.63, 3.8) is 0 Å². The molecule has 2 N–H and O–H groups in total. The minimum Gasteiger partial charge on any atom is -0.466 e. The Morgan fingerprint density at radius 3 is 2.68 bits per heavy atom. The zero-order chi connectivity index (χ0) is 14.2. The summed E-state index contributed by atoms with van der Waals surface area (Å²) in [4.78, 5) is 11.5. The first kappa shape index (κ1) is 13.7. The number of carbonyl (C=O) groups excluding carboxylic acids is 1. The Bertz CT molecular complexity index is 499. The van der Waals surface area contributed by atoms with E-state index in [4.69, 9.17) is 10.5 Å². The molecule has 0 amide bonds. The number of ether oxygens (including phenoxy) is 1. The number of carbonyl (C=O) groups is 1. The Kier molecular flexibility index (Phi) is 3.43. The van der Waals surface area contributed by atoms with Gasteiger partial charge in [-0.25, -0.2) is 0 Å². The van der Waals surface area contributed by atoms with Gasteiger partial charge in [-0.2, -0.15) is 13.2 Å². The van der Waals surface area contributed by atoms with E-state index < -0.39 is 11.7 Å². The van der Waals surface area contributed by atoms with Crippen LogP contribution in [0, 0.1) is 5.92 Å². The minimum absolute atomic E-state index is 0.0800. The standard InChI is InChI=1S/C13H14F3NO2/c1-2-19-12(18)9-6-8(9)7-3-4-10(11(17)5-7)13(14,15)16/h3-5,8-9H,2,6,17H2,1H3/t8-,9-/m1/s1. The van der Waals surface area contributed by atoms with Crippen LogP contribution in [0.2, 0.25) is 0 Å². The maximum Gasteiger partial charge on any atom is 0.418 e. The molecule has 19 heavy (non-hydrogen) atoms. The van der Waals surface area contributed by atoms with E-state index in [1.807, 2.05) is 0 Å². The Morgan fingerprint density at radius 2 is 2.16 bits per heavy atom. The molecular weight excluding hydrogens is 259 g/mol. The molecule has 104 valence electrons. The molecule has 0 unspecified atom stereocenters. The van der Waals surface area contributed by atoms with E-state index in [2.05, 4.69) is 0 Å². The van der Waals surface area contributed by atoms with E-state index in [1.54, 1.807) is 6.92 Å². The van der Waals surface area contributed by atoms with Gasteiger partial charge in [-0.3, -0.25) is 4.79 Å². The molecule has 0 aliphatic heterocycles. The summed E-state index contributed by atoms with van der Waals surface area (Å²) in [6.45, 7) is 2.02. The molecule has 0 spiro atoms. The minimum atomic E-state index is -4.45. The average molecular weight is 273 g/mol. The van der Waals surface area contributed by atoms with Gasteiger partial charge in [0.25, 0.3) is 0 Å². The fourth-order valence-corrected chi connectivity index (χ4v) is 2.14. The van der Waals surface area contributed by atoms with Gasteiger partial charge in [-0.1, -0.05) is 6.07 Å². The van der Waals surface area contributed by atoms with Gasteiger partial charge < -0.3 is 10.5 Å². The summed E-state index contributed by atoms with van der Waals surface area (Å²) in [5.74, 6) is -0.634. The van der Waals surface area contributed by atoms with Crippen molar-refractivity contribution in [2.75, 3.05) is 12.3 Å². The lowest BCUT2D eigenvalue weighted by Crippen LogP contribution is -2.10. The molecule has 0 heterocycles. The molecule has 6 heteroatoms. The zero-order valence-corrected chi connectivity index (χ0v) is 10.3. The third-order valence-corrected chi connectivity index (χ3v) is 3.19. The fraction of sp³-hybridized carbons (Fsp3) is 0.462. The Balaban J connectivity index is 2.13. The van der Waals surface area contributed by atoms with Gasteiger partial charge in [0.05, 0.1) is 18.1 Å². The van der Waals surface area contributed by atoms with Crippen LogP contribution in [0.1, 0.15) is 30.4 Å². The van der Waals surface area contributed by atoms with Crippen molar-refractivity contribution in [1.29, 1.82) is 0 Å². The van der Waals surface area contributed by atoms with Crippen LogP contribution in [0.3, 0.4) is 0 Å². The van der Waals surface area contributed by atoms with Crippen molar-refractivity contribution in [1.82, 2.24) is 0 Å². The second-order valence-corrected chi connectivity index (χ2v) is 4.55. The van der Waals surface area contributed by atoms with Crippen LogP contribution in [-0.4, -0.2) is 12.6 Å². The van der Waals surface area contributed by atoms with Crippen molar-refractivity contribution in [3.05, 3.63) is 29.3 Å². The number of anilines is 1. The van der Waals surface area contributed by atoms with E-state index >= 15 is 0 Å². The number of halogens is 3. The summed E-state index contributed by atoms with van der Waals surface area (Å²) in [5, 5.41) is 0. The Morgan fingerprint density at radius 1 is 1.47 bits per heavy atom. The third kappa shape index (κ3) is 2.83. The summed E-state index contributed by atoms with van der Waals surface area (Å²) in [7, 11) is 0. The van der Waals surface area contributed by atoms with Crippen LogP contribution < -0.4 is 5.73 Å². The summed E-state index contributed by atoms with van der Waals surface area (Å²) in [6, 6.07) is 3.64. The van der Waals surface area contributed by atoms with Gasteiger partial charge >= 0.3 is 12.1 Å². The second-order valence-electron chi connectivity index (χ2n) is 4.55. The number of alkyl halides is 3. The van der Waals surface area contributed by atoms with Crippen LogP contribution in [0.25, 0.3) is 0 Å². The quantitative estimate of drug-likeness (QED) is 0.680. The molecule has 0 saturated heterocycles. The maximum atomic E-state index is 12.5. The van der Waals surface area contributed by atoms with Gasteiger partial charge in [-0.05, 0) is 37.0 Å². The van der Waals surface area contributed by atoms with Crippen molar-refractivity contribution in [2.24, 2.45) is 5.92 Å². The van der Waals surface area contributed by atoms with Gasteiger partial charge in [0, 0.05) is 5.69 Å². The normalized spacial score (nSPS) is 22.1. The molecule has 0 radical (unpaired) electrons. The van der Waals surface area contributed by atoms with Crippen LogP contribution in [0.5, 0.6) is 0 Å². The number of nitrogens with two attached hydrogens (primary N) is 1. The van der Waals surface area contributed by atoms with Crippen LogP contribution >= 0.6 is 0 Å². The summed E-state index contributed by atoms with van der Waals surface area (Å²) < 4.78 is 42.5. The predicted octanol–water partition coefficient (Wildman–Crippen LogP) is 2.95. The lowest BCUT2D eigenvalue weighted by molar-refractivity contribution is -0.144. The van der Waals surface area contributed by atoms with Gasteiger partial charge in [0.2, 0.25) is 0 Å². The lowest BCUT2D eigenvalue weighted by atomic mass is 10.0. The monoisotopic (exact) mass is 273 g/mol. The fourth-order valence-electron chi connectivity index (χ4n) is 2.14. The van der Waals surface area contributed by atoms with Gasteiger partial charge in [0.1, 0.15) is 0 Å². The molecule has 0 bridgehead atoms. The first-order valence-electron chi connectivity index (χ1n) is 5.97. The first-order chi connectivity index (χ1) is 8.84. The molecule has 1 fully saturated rings. The Hall–Kier alpha value is -1.72. The van der Waals surface area contributed by atoms with E-state index in [1.165, 1.54) is 12.1 Å². The summed E-state index contributed by atoms with van der Waals surface area (Å²) in [5.41, 5.74) is 4.92. The van der Waals surface area contributed by atoms with E-state index in [9.17, 15) is 18.0 Å². The highest BCUT2D eigenvalue weighted by Gasteiger charge is 2.45. The molecule has 2 rings (SSSR count). The molecule has 1 aliphatic carbocycles. The molecule has 2 atom stereocenters. The number of esters is 1. The van der Waals surface area contributed by atoms with Crippen LogP contribution in [-0.2, 0) is 15.7 Å². The molecular formula is C13H14F3NO2. The van der Waals surface area contributed by atoms with Crippen molar-refractivity contribution < 1.29 is 22.7 Å². The van der Waals surface area contributed by atoms with Crippen molar-refractivity contribution >= 4 is 11.7 Å². The number of benzene rings is 1. The van der Waals surface area contributed by atoms with Gasteiger partial charge in [-0.15, -0.1) is 0 Å². The van der Waals surface area contributed by atoms with E-state index in [-0.39, 0.29) is 23.5 Å². The average Bonchev–Trinajstić information content (AvgIpc) is 3.07. The van der Waals surface area contributed by atoms with E-state index in [0.717, 1.165) is 6.07 Å². The van der Waals surface area contributed by atoms with Crippen LogP contribution in [0.4, 0.5) is 18.9 Å². The van der Waals surface area contributed by atoms with Crippen molar-refractivity contribution in [2.45, 2.75) is 25.4 Å². The highest BCUT2D eigenvalue weighted by atomic mass is 19.4.